The van der Waals surface area contributed by atoms with Crippen LogP contribution in [-0.4, -0.2) is 87.8 Å². The predicted octanol–water partition coefficient (Wildman–Crippen LogP) is -0.813. The fourth-order valence-electron chi connectivity index (χ4n) is 3.83. The highest BCUT2D eigenvalue weighted by atomic mass is 16.6. The van der Waals surface area contributed by atoms with Crippen molar-refractivity contribution in [2.45, 2.75) is 43.9 Å². The second-order valence-electron chi connectivity index (χ2n) is 9.24. The van der Waals surface area contributed by atoms with Gasteiger partial charge in [0.2, 0.25) is 11.5 Å². The van der Waals surface area contributed by atoms with Crippen LogP contribution in [0.1, 0.15) is 41.7 Å². The summed E-state index contributed by atoms with van der Waals surface area (Å²) in [6.07, 6.45) is -2.73. The summed E-state index contributed by atoms with van der Waals surface area (Å²) in [5, 5.41) is 42.0. The van der Waals surface area contributed by atoms with E-state index in [4.69, 9.17) is 25.8 Å². The smallest absolute Gasteiger partial charge is 0.349 e. The first-order valence-corrected chi connectivity index (χ1v) is 12.5. The highest BCUT2D eigenvalue weighted by molar-refractivity contribution is 5.98. The third kappa shape index (κ3) is 8.44. The number of aliphatic carboxylic acids is 4. The van der Waals surface area contributed by atoms with Crippen molar-refractivity contribution in [3.63, 3.8) is 0 Å². The molecule has 9 N–H and O–H groups in total. The fourth-order valence-corrected chi connectivity index (χ4v) is 3.83. The average Bonchev–Trinajstić information content (AvgIpc) is 2.93. The number of carbonyl (C=O) groups excluding carboxylic acids is 2. The Labute approximate surface area is 245 Å². The summed E-state index contributed by atoms with van der Waals surface area (Å²) in [5.41, 5.74) is 2.77. The van der Waals surface area contributed by atoms with Crippen LogP contribution in [-0.2, 0) is 35.3 Å². The zero-order valence-electron chi connectivity index (χ0n) is 22.5. The van der Waals surface area contributed by atoms with Crippen LogP contribution >= 0.6 is 0 Å². The second kappa shape index (κ2) is 13.7. The molecule has 0 aliphatic heterocycles. The minimum atomic E-state index is -3.03. The van der Waals surface area contributed by atoms with E-state index in [1.54, 1.807) is 0 Å². The number of aromatic amines is 1. The Morgan fingerprint density at radius 2 is 1.59 bits per heavy atom. The number of benzene rings is 1. The van der Waals surface area contributed by atoms with E-state index >= 15 is 0 Å². The summed E-state index contributed by atoms with van der Waals surface area (Å²) in [6, 6.07) is 3.82. The van der Waals surface area contributed by atoms with E-state index in [1.807, 2.05) is 0 Å². The molecular weight excluding hydrogens is 590 g/mol. The number of anilines is 2. The second-order valence-corrected chi connectivity index (χ2v) is 9.24. The van der Waals surface area contributed by atoms with Crippen molar-refractivity contribution in [1.29, 1.82) is 0 Å². The van der Waals surface area contributed by atoms with Gasteiger partial charge in [-0.3, -0.25) is 29.0 Å². The molecule has 3 aromatic rings. The Hall–Kier alpha value is -6.14. The Kier molecular flexibility index (Phi) is 10.1. The van der Waals surface area contributed by atoms with Crippen molar-refractivity contribution in [3.05, 3.63) is 52.1 Å². The Morgan fingerprint density at radius 1 is 0.955 bits per heavy atom. The normalized spacial score (nSPS) is 11.7. The van der Waals surface area contributed by atoms with E-state index < -0.39 is 78.6 Å². The van der Waals surface area contributed by atoms with E-state index in [0.717, 1.165) is 0 Å². The van der Waals surface area contributed by atoms with Gasteiger partial charge in [0.15, 0.2) is 11.2 Å². The van der Waals surface area contributed by atoms with Gasteiger partial charge in [0, 0.05) is 17.7 Å². The molecule has 19 heteroatoms. The molecule has 0 spiro atoms. The number of rotatable bonds is 15. The van der Waals surface area contributed by atoms with Gasteiger partial charge in [0.25, 0.3) is 11.5 Å². The van der Waals surface area contributed by atoms with Crippen molar-refractivity contribution < 1.29 is 53.9 Å². The van der Waals surface area contributed by atoms with Crippen molar-refractivity contribution >= 4 is 58.6 Å². The lowest BCUT2D eigenvalue weighted by atomic mass is 9.95. The molecule has 44 heavy (non-hydrogen) atoms. The highest BCUT2D eigenvalue weighted by Crippen LogP contribution is 2.24. The third-order valence-electron chi connectivity index (χ3n) is 5.90. The van der Waals surface area contributed by atoms with Crippen LogP contribution in [0.3, 0.4) is 0 Å². The Bertz CT molecular complexity index is 1660. The summed E-state index contributed by atoms with van der Waals surface area (Å²) in [4.78, 5) is 97.6. The molecule has 0 saturated carbocycles. The van der Waals surface area contributed by atoms with Gasteiger partial charge in [0.05, 0.1) is 31.3 Å². The summed E-state index contributed by atoms with van der Waals surface area (Å²) >= 11 is 0. The zero-order chi connectivity index (χ0) is 32.6. The topological polar surface area (TPSA) is 314 Å². The number of ether oxygens (including phenoxy) is 1. The third-order valence-corrected chi connectivity index (χ3v) is 5.90. The number of amides is 1. The number of H-pyrrole nitrogens is 1. The number of carboxylic acid groups (broad SMARTS) is 4. The molecule has 1 aromatic carbocycles. The molecule has 1 amide bonds. The SMILES string of the molecule is Nc1nc2ncc(CNc3ccc(C(=O)NC(CCC(=O)O)C(=O)OC(CC(=O)O)(CC(=O)O)C(=O)O)cc3)nc2c(=O)[nH]1. The molecule has 0 aliphatic carbocycles. The highest BCUT2D eigenvalue weighted by Gasteiger charge is 2.48. The molecule has 0 bridgehead atoms. The Morgan fingerprint density at radius 3 is 2.16 bits per heavy atom. The standard InChI is InChI=1S/C25H25N7O12/c26-24-31-19-18(21(40)32-24)29-13(10-28-19)9-27-12-3-1-11(2-4-12)20(39)30-14(5-6-15(33)34)22(41)44-25(23(42)43,7-16(35)36)8-17(37)38/h1-4,10,14,27H,5-9H2,(H,30,39)(H,33,34)(H,35,36)(H,37,38)(H,42,43)(H3,26,28,31,32,40). The molecule has 0 fully saturated rings. The van der Waals surface area contributed by atoms with Crippen molar-refractivity contribution in [2.24, 2.45) is 0 Å². The molecule has 2 aromatic heterocycles. The van der Waals surface area contributed by atoms with Gasteiger partial charge in [0.1, 0.15) is 6.04 Å². The number of carbonyl (C=O) groups is 6. The lowest BCUT2D eigenvalue weighted by molar-refractivity contribution is -0.187. The first-order valence-electron chi connectivity index (χ1n) is 12.5. The lowest BCUT2D eigenvalue weighted by Crippen LogP contribution is -2.51. The minimum Gasteiger partial charge on any atom is -0.481 e. The molecule has 1 atom stereocenters. The summed E-state index contributed by atoms with van der Waals surface area (Å²) in [5.74, 6) is -9.58. The van der Waals surface area contributed by atoms with Gasteiger partial charge >= 0.3 is 29.8 Å². The van der Waals surface area contributed by atoms with Gasteiger partial charge in [-0.15, -0.1) is 0 Å². The Balaban J connectivity index is 1.73. The molecule has 19 nitrogen and oxygen atoms in total. The average molecular weight is 616 g/mol. The number of nitrogens with one attached hydrogen (secondary N) is 3. The van der Waals surface area contributed by atoms with E-state index in [-0.39, 0.29) is 29.2 Å². The number of hydrogen-bond acceptors (Lipinski definition) is 13. The number of aromatic nitrogens is 4. The van der Waals surface area contributed by atoms with E-state index in [1.165, 1.54) is 30.5 Å². The fraction of sp³-hybridized carbons (Fsp3) is 0.280. The van der Waals surface area contributed by atoms with Gasteiger partial charge in [-0.25, -0.2) is 19.6 Å². The maximum Gasteiger partial charge on any atom is 0.349 e. The quantitative estimate of drug-likeness (QED) is 0.0968. The van der Waals surface area contributed by atoms with Gasteiger partial charge < -0.3 is 41.5 Å². The maximum absolute atomic E-state index is 12.9. The molecular formula is C25H25N7O12. The number of nitrogens with zero attached hydrogens (tertiary/aromatic N) is 3. The number of hydrogen-bond donors (Lipinski definition) is 8. The maximum atomic E-state index is 12.9. The predicted molar refractivity (Wildman–Crippen MR) is 145 cm³/mol. The monoisotopic (exact) mass is 615 g/mol. The van der Waals surface area contributed by atoms with Crippen LogP contribution in [0.2, 0.25) is 0 Å². The van der Waals surface area contributed by atoms with Crippen LogP contribution in [0.4, 0.5) is 11.6 Å². The van der Waals surface area contributed by atoms with Gasteiger partial charge in [-0.05, 0) is 30.7 Å². The summed E-state index contributed by atoms with van der Waals surface area (Å²) in [6.45, 7) is 0.111. The zero-order valence-corrected chi connectivity index (χ0v) is 22.5. The van der Waals surface area contributed by atoms with Crippen LogP contribution in [0, 0.1) is 0 Å². The summed E-state index contributed by atoms with van der Waals surface area (Å²) < 4.78 is 4.83. The molecule has 2 heterocycles. The number of carboxylic acids is 4. The lowest BCUT2D eigenvalue weighted by Gasteiger charge is -2.28. The first kappa shape index (κ1) is 32.4. The number of nitrogen functional groups attached to an aromatic ring is 1. The number of nitrogens with two attached hydrogens (primary N) is 1. The number of fused-ring (bicyclic) bond motifs is 1. The van der Waals surface area contributed by atoms with E-state index in [2.05, 4.69) is 30.6 Å². The summed E-state index contributed by atoms with van der Waals surface area (Å²) in [7, 11) is 0. The van der Waals surface area contributed by atoms with Crippen molar-refractivity contribution in [2.75, 3.05) is 11.1 Å². The molecule has 0 radical (unpaired) electrons. The first-order chi connectivity index (χ1) is 20.7. The molecule has 0 aliphatic rings. The van der Waals surface area contributed by atoms with E-state index in [0.29, 0.717) is 11.4 Å². The van der Waals surface area contributed by atoms with Crippen molar-refractivity contribution in [1.82, 2.24) is 25.3 Å². The molecule has 0 saturated heterocycles. The van der Waals surface area contributed by atoms with Crippen molar-refractivity contribution in [3.8, 4) is 0 Å². The molecule has 3 rings (SSSR count). The largest absolute Gasteiger partial charge is 0.481 e. The van der Waals surface area contributed by atoms with E-state index in [9.17, 15) is 38.7 Å². The molecule has 1 unspecified atom stereocenters. The van der Waals surface area contributed by atoms with Crippen LogP contribution in [0.5, 0.6) is 0 Å². The van der Waals surface area contributed by atoms with Crippen LogP contribution < -0.4 is 21.9 Å². The molecule has 232 valence electrons. The van der Waals surface area contributed by atoms with Crippen LogP contribution in [0.15, 0.2) is 35.3 Å². The van der Waals surface area contributed by atoms with Crippen LogP contribution in [0.25, 0.3) is 11.2 Å². The van der Waals surface area contributed by atoms with Gasteiger partial charge in [-0.2, -0.15) is 4.98 Å². The minimum absolute atomic E-state index is 0.0204. The number of esters is 1. The van der Waals surface area contributed by atoms with Gasteiger partial charge in [-0.1, -0.05) is 0 Å².